The molecule has 5 rings (SSSR count). The Morgan fingerprint density at radius 3 is 1.15 bits per heavy atom. The van der Waals surface area contributed by atoms with Gasteiger partial charge in [-0.25, -0.2) is 0 Å². The van der Waals surface area contributed by atoms with E-state index in [1.54, 1.807) is 0 Å². The van der Waals surface area contributed by atoms with Gasteiger partial charge in [0.05, 0.1) is 0 Å². The molecule has 0 aliphatic carbocycles. The SMILES string of the molecule is CC(C)c1cccc(C(C)C)c1-n1[c](=[Au][Cl])n(-c2c(C(C)C)cccc2C(C)C)c2nc3ccccc3nc21. The van der Waals surface area contributed by atoms with Crippen molar-refractivity contribution in [3.05, 3.63) is 86.5 Å². The molecule has 2 aromatic heterocycles. The zero-order valence-electron chi connectivity index (χ0n) is 24.1. The van der Waals surface area contributed by atoms with Crippen LogP contribution < -0.4 is 0 Å². The van der Waals surface area contributed by atoms with Crippen LogP contribution in [0.15, 0.2) is 60.7 Å². The van der Waals surface area contributed by atoms with Crippen molar-refractivity contribution in [1.82, 2.24) is 19.1 Å². The number of para-hydroxylation sites is 4. The van der Waals surface area contributed by atoms with Crippen LogP contribution in [0.1, 0.15) is 101 Å². The van der Waals surface area contributed by atoms with E-state index >= 15 is 0 Å². The van der Waals surface area contributed by atoms with Crippen LogP contribution in [-0.2, 0) is 18.2 Å². The minimum atomic E-state index is -0.754. The van der Waals surface area contributed by atoms with E-state index in [0.717, 1.165) is 26.0 Å². The molecule has 0 saturated carbocycles. The van der Waals surface area contributed by atoms with Crippen molar-refractivity contribution in [1.29, 1.82) is 0 Å². The Hall–Kier alpha value is -2.50. The molecular weight excluding hydrogens is 685 g/mol. The van der Waals surface area contributed by atoms with E-state index in [0.29, 0.717) is 23.7 Å². The molecule has 0 N–H and O–H groups in total. The molecule has 2 heterocycles. The quantitative estimate of drug-likeness (QED) is 0.164. The number of imidazole rings is 1. The Balaban J connectivity index is 2.09. The van der Waals surface area contributed by atoms with Crippen molar-refractivity contribution in [2.24, 2.45) is 0 Å². The second-order valence-corrected chi connectivity index (χ2v) is 13.8. The molecule has 0 aliphatic heterocycles. The van der Waals surface area contributed by atoms with Gasteiger partial charge in [0.1, 0.15) is 0 Å². The molecule has 0 atom stereocenters. The average Bonchev–Trinajstić information content (AvgIpc) is 3.22. The third-order valence-corrected chi connectivity index (χ3v) is 9.65. The molecule has 0 bridgehead atoms. The van der Waals surface area contributed by atoms with E-state index in [4.69, 9.17) is 19.2 Å². The summed E-state index contributed by atoms with van der Waals surface area (Å²) in [5.74, 6) is 1.36. The number of halogens is 1. The van der Waals surface area contributed by atoms with Crippen LogP contribution in [0.5, 0.6) is 0 Å². The van der Waals surface area contributed by atoms with Crippen LogP contribution in [0.4, 0.5) is 0 Å². The predicted octanol–water partition coefficient (Wildman–Crippen LogP) is 9.63. The predicted molar refractivity (Wildman–Crippen MR) is 161 cm³/mol. The summed E-state index contributed by atoms with van der Waals surface area (Å²) < 4.78 is 5.79. The molecule has 5 aromatic rings. The standard InChI is InChI=1S/C33H38N4.Au.ClH/c1-20(2)24-13-11-14-25(21(3)4)30(24)36-19-37(31-26(22(5)6)15-12-16-27(31)23(7)8)33-32(36)34-28-17-9-10-18-29(28)35-33;;/h9-18,20-23H,1-8H3;;1H/q;+1;/p-1. The molecular formula is C33H38AuClN4. The summed E-state index contributed by atoms with van der Waals surface area (Å²) in [4.78, 5) is 10.6. The van der Waals surface area contributed by atoms with Crippen LogP contribution in [0.3, 0.4) is 0 Å². The molecule has 0 fully saturated rings. The topological polar surface area (TPSA) is 35.6 Å². The summed E-state index contributed by atoms with van der Waals surface area (Å²) in [6.07, 6.45) is 0. The van der Waals surface area contributed by atoms with Crippen molar-refractivity contribution in [3.8, 4) is 11.4 Å². The van der Waals surface area contributed by atoms with E-state index in [-0.39, 0.29) is 0 Å². The van der Waals surface area contributed by atoms with Gasteiger partial charge in [0.15, 0.2) is 0 Å². The van der Waals surface area contributed by atoms with Crippen LogP contribution in [0.2, 0.25) is 0 Å². The van der Waals surface area contributed by atoms with Gasteiger partial charge in [-0.15, -0.1) is 0 Å². The number of aromatic nitrogens is 4. The molecule has 39 heavy (non-hydrogen) atoms. The Labute approximate surface area is 244 Å². The van der Waals surface area contributed by atoms with E-state index in [9.17, 15) is 0 Å². The summed E-state index contributed by atoms with van der Waals surface area (Å²) >= 11 is -0.754. The zero-order chi connectivity index (χ0) is 28.0. The average molecular weight is 723 g/mol. The van der Waals surface area contributed by atoms with Crippen LogP contribution >= 0.6 is 9.19 Å². The molecule has 0 unspecified atom stereocenters. The molecule has 208 valence electrons. The van der Waals surface area contributed by atoms with E-state index in [1.165, 1.54) is 33.6 Å². The monoisotopic (exact) mass is 722 g/mol. The summed E-state index contributed by atoms with van der Waals surface area (Å²) in [6.45, 7) is 18.1. The van der Waals surface area contributed by atoms with Gasteiger partial charge in [0, 0.05) is 0 Å². The van der Waals surface area contributed by atoms with Gasteiger partial charge in [-0.2, -0.15) is 0 Å². The van der Waals surface area contributed by atoms with Crippen molar-refractivity contribution in [2.45, 2.75) is 79.1 Å². The Morgan fingerprint density at radius 1 is 0.538 bits per heavy atom. The fourth-order valence-electron chi connectivity index (χ4n) is 5.51. The summed E-state index contributed by atoms with van der Waals surface area (Å²) in [5, 5.41) is 0. The van der Waals surface area contributed by atoms with Gasteiger partial charge in [-0.3, -0.25) is 0 Å². The fraction of sp³-hybridized carbons (Fsp3) is 0.364. The maximum absolute atomic E-state index is 7.07. The fourth-order valence-corrected chi connectivity index (χ4v) is 7.65. The maximum atomic E-state index is 7.07. The van der Waals surface area contributed by atoms with E-state index < -0.39 is 18.2 Å². The minimum absolute atomic E-state index is 0.340. The third-order valence-electron chi connectivity index (χ3n) is 7.48. The van der Waals surface area contributed by atoms with Crippen LogP contribution in [0, 0.1) is 3.63 Å². The van der Waals surface area contributed by atoms with Gasteiger partial charge in [0.2, 0.25) is 0 Å². The number of fused-ring (bicyclic) bond motifs is 2. The molecule has 0 spiro atoms. The van der Waals surface area contributed by atoms with Crippen molar-refractivity contribution in [3.63, 3.8) is 0 Å². The molecule has 0 saturated heterocycles. The van der Waals surface area contributed by atoms with E-state index in [1.807, 2.05) is 12.1 Å². The summed E-state index contributed by atoms with van der Waals surface area (Å²) in [5.41, 5.74) is 11.1. The number of benzene rings is 3. The Morgan fingerprint density at radius 2 is 0.872 bits per heavy atom. The normalized spacial score (nSPS) is 12.3. The Kier molecular flexibility index (Phi) is 8.03. The third kappa shape index (κ3) is 4.86. The number of hydrogen-bond acceptors (Lipinski definition) is 2. The number of hydrogen-bond donors (Lipinski definition) is 0. The van der Waals surface area contributed by atoms with Gasteiger partial charge in [-0.05, 0) is 0 Å². The molecule has 3 aromatic carbocycles. The van der Waals surface area contributed by atoms with Gasteiger partial charge >= 0.3 is 246 Å². The van der Waals surface area contributed by atoms with Gasteiger partial charge in [0.25, 0.3) is 0 Å². The number of rotatable bonds is 6. The van der Waals surface area contributed by atoms with E-state index in [2.05, 4.69) is 113 Å². The second-order valence-electron chi connectivity index (χ2n) is 11.5. The molecule has 0 aliphatic rings. The molecule has 0 amide bonds. The van der Waals surface area contributed by atoms with Crippen LogP contribution in [0.25, 0.3) is 33.7 Å². The summed E-state index contributed by atoms with van der Waals surface area (Å²) in [7, 11) is 7.07. The first-order valence-corrected chi connectivity index (χ1v) is 17.6. The van der Waals surface area contributed by atoms with Gasteiger partial charge in [-0.1, -0.05) is 0 Å². The first-order chi connectivity index (χ1) is 18.6. The van der Waals surface area contributed by atoms with Crippen molar-refractivity contribution >= 4 is 31.5 Å². The second kappa shape index (κ2) is 11.2. The Bertz CT molecular complexity index is 1570. The zero-order valence-corrected chi connectivity index (χ0v) is 27.0. The van der Waals surface area contributed by atoms with Crippen LogP contribution in [-0.4, -0.2) is 19.1 Å². The molecule has 6 heteroatoms. The summed E-state index contributed by atoms with van der Waals surface area (Å²) in [6, 6.07) is 21.6. The molecule has 4 nitrogen and oxygen atoms in total. The van der Waals surface area contributed by atoms with Crippen molar-refractivity contribution in [2.75, 3.05) is 0 Å². The first kappa shape index (κ1) is 28.0. The van der Waals surface area contributed by atoms with Gasteiger partial charge < -0.3 is 0 Å². The number of nitrogens with zero attached hydrogens (tertiary/aromatic N) is 4. The van der Waals surface area contributed by atoms with Crippen molar-refractivity contribution < 1.29 is 18.2 Å². The first-order valence-electron chi connectivity index (χ1n) is 13.8. The molecule has 0 radical (unpaired) electrons.